The zero-order chi connectivity index (χ0) is 31.6. The van der Waals surface area contributed by atoms with Crippen LogP contribution in [0.4, 0.5) is 24.5 Å². The van der Waals surface area contributed by atoms with E-state index >= 15 is 0 Å². The molecule has 0 spiro atoms. The summed E-state index contributed by atoms with van der Waals surface area (Å²) < 4.78 is 75.7. The van der Waals surface area contributed by atoms with Crippen LogP contribution in [0.1, 0.15) is 35.8 Å². The predicted octanol–water partition coefficient (Wildman–Crippen LogP) is 4.65. The summed E-state index contributed by atoms with van der Waals surface area (Å²) in [4.78, 5) is 24.2. The van der Waals surface area contributed by atoms with Gasteiger partial charge in [0.15, 0.2) is 0 Å². The smallest absolute Gasteiger partial charge is 0.390 e. The average Bonchev–Trinajstić information content (AvgIpc) is 3.61. The number of alkyl halides is 3. The van der Waals surface area contributed by atoms with Crippen LogP contribution in [-0.2, 0) is 21.3 Å². The van der Waals surface area contributed by atoms with Gasteiger partial charge in [-0.2, -0.15) is 18.3 Å². The summed E-state index contributed by atoms with van der Waals surface area (Å²) in [6.45, 7) is 6.19. The maximum atomic E-state index is 13.2. The average molecular weight is 654 g/mol. The van der Waals surface area contributed by atoms with E-state index in [1.807, 2.05) is 13.8 Å². The number of pyridine rings is 1. The lowest BCUT2D eigenvalue weighted by Crippen LogP contribution is -2.44. The van der Waals surface area contributed by atoms with Crippen LogP contribution in [-0.4, -0.2) is 83.7 Å². The van der Waals surface area contributed by atoms with E-state index in [-0.39, 0.29) is 29.5 Å². The third kappa shape index (κ3) is 7.82. The van der Waals surface area contributed by atoms with Crippen molar-refractivity contribution in [1.82, 2.24) is 25.1 Å². The molecule has 1 aliphatic rings. The lowest BCUT2D eigenvalue weighted by Gasteiger charge is -2.34. The number of halogens is 3. The van der Waals surface area contributed by atoms with Gasteiger partial charge in [0.1, 0.15) is 16.4 Å². The van der Waals surface area contributed by atoms with E-state index in [1.165, 1.54) is 30.7 Å². The highest BCUT2D eigenvalue weighted by molar-refractivity contribution is 7.92. The first-order chi connectivity index (χ1) is 20.8. The van der Waals surface area contributed by atoms with Crippen LogP contribution in [0.5, 0.6) is 5.88 Å². The number of nitrogens with one attached hydrogen (secondary N) is 3. The topological polar surface area (TPSA) is 151 Å². The quantitative estimate of drug-likeness (QED) is 0.222. The van der Waals surface area contributed by atoms with Gasteiger partial charge in [0.05, 0.1) is 55.4 Å². The summed E-state index contributed by atoms with van der Waals surface area (Å²) >= 11 is 1.39. The van der Waals surface area contributed by atoms with Crippen LogP contribution in [0, 0.1) is 0 Å². The van der Waals surface area contributed by atoms with E-state index < -0.39 is 34.3 Å². The monoisotopic (exact) mass is 653 g/mol. The number of benzene rings is 1. The van der Waals surface area contributed by atoms with Crippen LogP contribution in [0.15, 0.2) is 36.0 Å². The first-order valence-corrected chi connectivity index (χ1v) is 16.0. The lowest BCUT2D eigenvalue weighted by atomic mass is 10.0. The zero-order valence-electron chi connectivity index (χ0n) is 23.9. The molecule has 236 valence electrons. The molecule has 3 aromatic heterocycles. The number of rotatable bonds is 10. The summed E-state index contributed by atoms with van der Waals surface area (Å²) in [5.74, 6) is -1.72. The molecule has 2 atom stereocenters. The van der Waals surface area contributed by atoms with Gasteiger partial charge in [-0.1, -0.05) is 0 Å². The normalized spacial score (nSPS) is 18.0. The van der Waals surface area contributed by atoms with Crippen molar-refractivity contribution >= 4 is 49.5 Å². The highest BCUT2D eigenvalue weighted by Gasteiger charge is 2.30. The van der Waals surface area contributed by atoms with Gasteiger partial charge < -0.3 is 14.8 Å². The molecule has 1 saturated heterocycles. The molecule has 0 unspecified atom stereocenters. The van der Waals surface area contributed by atoms with Gasteiger partial charge in [0, 0.05) is 35.6 Å². The summed E-state index contributed by atoms with van der Waals surface area (Å²) in [7, 11) is -3.12. The minimum Gasteiger partial charge on any atom is -0.480 e. The molecule has 1 aromatic carbocycles. The molecule has 1 aliphatic heterocycles. The van der Waals surface area contributed by atoms with Crippen molar-refractivity contribution in [3.05, 3.63) is 46.7 Å². The van der Waals surface area contributed by atoms with Gasteiger partial charge in [-0.15, -0.1) is 11.3 Å². The molecule has 17 heteroatoms. The first kappa shape index (κ1) is 31.6. The Morgan fingerprint density at radius 3 is 2.59 bits per heavy atom. The van der Waals surface area contributed by atoms with Gasteiger partial charge in [-0.05, 0) is 37.6 Å². The fourth-order valence-corrected chi connectivity index (χ4v) is 6.81. The van der Waals surface area contributed by atoms with Crippen molar-refractivity contribution in [2.45, 2.75) is 45.2 Å². The van der Waals surface area contributed by atoms with Crippen molar-refractivity contribution < 1.29 is 35.9 Å². The number of hydrogen-bond acceptors (Lipinski definition) is 10. The number of amides is 1. The number of nitrogens with zero attached hydrogens (tertiary/aromatic N) is 4. The zero-order valence-corrected chi connectivity index (χ0v) is 25.6. The Kier molecular flexibility index (Phi) is 9.10. The van der Waals surface area contributed by atoms with E-state index in [0.29, 0.717) is 34.3 Å². The second-order valence-corrected chi connectivity index (χ2v) is 13.2. The number of carbonyl (C=O) groups is 1. The third-order valence-corrected chi connectivity index (χ3v) is 8.85. The second-order valence-electron chi connectivity index (χ2n) is 10.5. The Morgan fingerprint density at radius 2 is 1.89 bits per heavy atom. The molecule has 0 bridgehead atoms. The number of methoxy groups -OCH3 is 1. The molecule has 0 saturated carbocycles. The fourth-order valence-electron chi connectivity index (χ4n) is 4.91. The van der Waals surface area contributed by atoms with E-state index in [1.54, 1.807) is 23.7 Å². The van der Waals surface area contributed by atoms with Crippen molar-refractivity contribution in [3.8, 4) is 17.0 Å². The Hall–Kier alpha value is -3.80. The van der Waals surface area contributed by atoms with Crippen LogP contribution in [0.3, 0.4) is 0 Å². The number of carbonyl (C=O) groups excluding carboxylic acids is 1. The van der Waals surface area contributed by atoms with Gasteiger partial charge in [-0.25, -0.2) is 18.4 Å². The van der Waals surface area contributed by atoms with Gasteiger partial charge in [0.25, 0.3) is 5.91 Å². The minimum absolute atomic E-state index is 0.109. The van der Waals surface area contributed by atoms with E-state index in [9.17, 15) is 26.4 Å². The number of morpholine rings is 1. The van der Waals surface area contributed by atoms with E-state index in [2.05, 4.69) is 35.1 Å². The maximum Gasteiger partial charge on any atom is 0.390 e. The molecular formula is C27H30F3N7O5S2. The molecule has 44 heavy (non-hydrogen) atoms. The van der Waals surface area contributed by atoms with E-state index in [0.717, 1.165) is 18.1 Å². The molecule has 4 heterocycles. The molecule has 3 N–H and O–H groups in total. The number of hydrogen-bond donors (Lipinski definition) is 3. The molecule has 1 fully saturated rings. The van der Waals surface area contributed by atoms with Gasteiger partial charge in [0.2, 0.25) is 15.9 Å². The molecule has 5 rings (SSSR count). The Labute approximate surface area is 255 Å². The largest absolute Gasteiger partial charge is 0.480 e. The SMILES string of the molecule is COc1ncc(-c2cc(NC(=O)c3csc(CN4C[C@@H](C)O[C@@H](C)C4)n3)c3cn[nH]c3c2)cc1NS(=O)(=O)CCC(F)(F)F. The van der Waals surface area contributed by atoms with Crippen molar-refractivity contribution in [2.75, 3.05) is 36.0 Å². The molecule has 4 aromatic rings. The Morgan fingerprint density at radius 1 is 1.16 bits per heavy atom. The maximum absolute atomic E-state index is 13.2. The molecule has 1 amide bonds. The number of ether oxygens (including phenoxy) is 2. The number of sulfonamides is 1. The third-order valence-electron chi connectivity index (χ3n) is 6.74. The number of thiazole rings is 1. The van der Waals surface area contributed by atoms with Crippen LogP contribution >= 0.6 is 11.3 Å². The summed E-state index contributed by atoms with van der Waals surface area (Å²) in [5.41, 5.74) is 2.00. The lowest BCUT2D eigenvalue weighted by molar-refractivity contribution is -0.129. The first-order valence-electron chi connectivity index (χ1n) is 13.5. The van der Waals surface area contributed by atoms with Crippen LogP contribution < -0.4 is 14.8 Å². The van der Waals surface area contributed by atoms with Gasteiger partial charge in [-0.3, -0.25) is 19.5 Å². The van der Waals surface area contributed by atoms with Crippen molar-refractivity contribution in [3.63, 3.8) is 0 Å². The second kappa shape index (κ2) is 12.7. The number of aromatic amines is 1. The summed E-state index contributed by atoms with van der Waals surface area (Å²) in [6.07, 6.45) is -2.97. The standard InChI is InChI=1S/C27H30F3N7O5S2/c1-15-11-37(12-16(2)42-15)13-24-33-23(14-43-24)25(38)34-20-6-17(7-21-19(20)10-32-35-21)18-8-22(26(41-3)31-9-18)36-44(39,40)5-4-27(28,29)30/h6-10,14-16,36H,4-5,11-13H2,1-3H3,(H,32,35)(H,34,38)/t15-,16+. The summed E-state index contributed by atoms with van der Waals surface area (Å²) in [5, 5.41) is 12.9. The van der Waals surface area contributed by atoms with E-state index in [4.69, 9.17) is 9.47 Å². The predicted molar refractivity (Wildman–Crippen MR) is 159 cm³/mol. The number of H-pyrrole nitrogens is 1. The fraction of sp³-hybridized carbons (Fsp3) is 0.407. The van der Waals surface area contributed by atoms with Crippen LogP contribution in [0.25, 0.3) is 22.0 Å². The Bertz CT molecular complexity index is 1750. The molecule has 0 aliphatic carbocycles. The van der Waals surface area contributed by atoms with Crippen LogP contribution in [0.2, 0.25) is 0 Å². The highest BCUT2D eigenvalue weighted by atomic mass is 32.2. The minimum atomic E-state index is -4.64. The van der Waals surface area contributed by atoms with Gasteiger partial charge >= 0.3 is 6.18 Å². The number of aromatic nitrogens is 4. The summed E-state index contributed by atoms with van der Waals surface area (Å²) in [6, 6.07) is 4.76. The molecular weight excluding hydrogens is 623 g/mol. The Balaban J connectivity index is 1.37. The van der Waals surface area contributed by atoms with Crippen molar-refractivity contribution in [1.29, 1.82) is 0 Å². The molecule has 12 nitrogen and oxygen atoms in total. The number of fused-ring (bicyclic) bond motifs is 1. The van der Waals surface area contributed by atoms with Crippen molar-refractivity contribution in [2.24, 2.45) is 0 Å². The molecule has 0 radical (unpaired) electrons. The highest BCUT2D eigenvalue weighted by Crippen LogP contribution is 2.34. The number of anilines is 2.